The molecule has 0 unspecified atom stereocenters. The Morgan fingerprint density at radius 1 is 1.23 bits per heavy atom. The van der Waals surface area contributed by atoms with Crippen LogP contribution in [0.2, 0.25) is 5.02 Å². The average molecular weight is 489 g/mol. The molecule has 0 bridgehead atoms. The van der Waals surface area contributed by atoms with E-state index < -0.39 is 5.97 Å². The number of hydrogen-bond acceptors (Lipinski definition) is 3. The highest BCUT2D eigenvalue weighted by Crippen LogP contribution is 2.26. The predicted molar refractivity (Wildman–Crippen MR) is 98.9 cm³/mol. The number of hydrogen-bond donors (Lipinski definition) is 0. The van der Waals surface area contributed by atoms with Gasteiger partial charge >= 0.3 is 5.97 Å². The van der Waals surface area contributed by atoms with Crippen molar-refractivity contribution in [1.82, 2.24) is 0 Å². The lowest BCUT2D eigenvalue weighted by Crippen LogP contribution is -2.06. The molecule has 0 fully saturated rings. The highest BCUT2D eigenvalue weighted by atomic mass is 127. The summed E-state index contributed by atoms with van der Waals surface area (Å²) in [5, 5.41) is 0.495. The molecule has 1 aliphatic rings. The highest BCUT2D eigenvalue weighted by Gasteiger charge is 2.25. The quantitative estimate of drug-likeness (QED) is 0.337. The van der Waals surface area contributed by atoms with E-state index >= 15 is 0 Å². The van der Waals surface area contributed by atoms with Crippen LogP contribution in [0.3, 0.4) is 0 Å². The zero-order valence-corrected chi connectivity index (χ0v) is 15.5. The van der Waals surface area contributed by atoms with Crippen molar-refractivity contribution in [2.24, 2.45) is 4.99 Å². The molecule has 22 heavy (non-hydrogen) atoms. The predicted octanol–water partition coefficient (Wildman–Crippen LogP) is 5.05. The number of benzene rings is 2. The fraction of sp³-hybridized carbons (Fsp3) is 0. The van der Waals surface area contributed by atoms with Crippen molar-refractivity contribution >= 4 is 68.1 Å². The van der Waals surface area contributed by atoms with Crippen LogP contribution in [-0.4, -0.2) is 11.9 Å². The van der Waals surface area contributed by atoms with Gasteiger partial charge in [0.25, 0.3) is 0 Å². The summed E-state index contributed by atoms with van der Waals surface area (Å²) in [5.41, 5.74) is 1.71. The van der Waals surface area contributed by atoms with Crippen molar-refractivity contribution in [3.05, 3.63) is 72.4 Å². The van der Waals surface area contributed by atoms with E-state index in [0.29, 0.717) is 10.6 Å². The number of ether oxygens (including phenoxy) is 1. The summed E-state index contributed by atoms with van der Waals surface area (Å²) >= 11 is 11.8. The molecule has 0 saturated heterocycles. The van der Waals surface area contributed by atoms with E-state index in [-0.39, 0.29) is 11.6 Å². The molecule has 3 rings (SSSR count). The fourth-order valence-corrected chi connectivity index (χ4v) is 3.01. The summed E-state index contributed by atoms with van der Waals surface area (Å²) in [6.45, 7) is 0. The Morgan fingerprint density at radius 3 is 2.77 bits per heavy atom. The monoisotopic (exact) mass is 487 g/mol. The van der Waals surface area contributed by atoms with Crippen molar-refractivity contribution in [2.75, 3.05) is 0 Å². The van der Waals surface area contributed by atoms with Gasteiger partial charge in [0.1, 0.15) is 0 Å². The molecule has 1 heterocycles. The molecule has 0 radical (unpaired) electrons. The van der Waals surface area contributed by atoms with Crippen LogP contribution < -0.4 is 0 Å². The molecule has 3 nitrogen and oxygen atoms in total. The maximum atomic E-state index is 12.0. The van der Waals surface area contributed by atoms with Gasteiger partial charge in [0.2, 0.25) is 5.90 Å². The largest absolute Gasteiger partial charge is 0.402 e. The third-order valence-corrected chi connectivity index (χ3v) is 4.70. The van der Waals surface area contributed by atoms with Crippen LogP contribution in [0.1, 0.15) is 11.1 Å². The molecule has 0 spiro atoms. The summed E-state index contributed by atoms with van der Waals surface area (Å²) in [7, 11) is 0. The molecule has 1 aliphatic heterocycles. The van der Waals surface area contributed by atoms with Gasteiger partial charge in [-0.05, 0) is 58.5 Å². The van der Waals surface area contributed by atoms with Crippen LogP contribution in [0.15, 0.2) is 57.6 Å². The topological polar surface area (TPSA) is 38.7 Å². The van der Waals surface area contributed by atoms with Crippen LogP contribution >= 0.6 is 50.1 Å². The summed E-state index contributed by atoms with van der Waals surface area (Å²) < 4.78 is 7.11. The van der Waals surface area contributed by atoms with Gasteiger partial charge in [-0.15, -0.1) is 0 Å². The minimum Gasteiger partial charge on any atom is -0.402 e. The van der Waals surface area contributed by atoms with E-state index in [1.54, 1.807) is 12.1 Å². The number of cyclic esters (lactones) is 1. The Bertz CT molecular complexity index is 833. The van der Waals surface area contributed by atoms with Crippen molar-refractivity contribution in [1.29, 1.82) is 0 Å². The Kier molecular flexibility index (Phi) is 4.65. The van der Waals surface area contributed by atoms with Gasteiger partial charge in [-0.2, -0.15) is 0 Å². The van der Waals surface area contributed by atoms with E-state index in [2.05, 4.69) is 43.5 Å². The molecule has 0 N–H and O–H groups in total. The Morgan fingerprint density at radius 2 is 2.00 bits per heavy atom. The number of esters is 1. The summed E-state index contributed by atoms with van der Waals surface area (Å²) in [4.78, 5) is 16.3. The van der Waals surface area contributed by atoms with Crippen molar-refractivity contribution in [2.45, 2.75) is 0 Å². The van der Waals surface area contributed by atoms with Crippen LogP contribution in [-0.2, 0) is 9.53 Å². The van der Waals surface area contributed by atoms with E-state index in [9.17, 15) is 4.79 Å². The number of carbonyl (C=O) groups excluding carboxylic acids is 1. The molecule has 2 aromatic rings. The fourth-order valence-electron chi connectivity index (χ4n) is 1.93. The summed E-state index contributed by atoms with van der Waals surface area (Å²) in [6.07, 6.45) is 1.68. The van der Waals surface area contributed by atoms with Gasteiger partial charge in [-0.25, -0.2) is 9.79 Å². The van der Waals surface area contributed by atoms with E-state index in [1.165, 1.54) is 0 Å². The maximum absolute atomic E-state index is 12.0. The first-order valence-electron chi connectivity index (χ1n) is 6.27. The Labute approximate surface area is 154 Å². The lowest BCUT2D eigenvalue weighted by atomic mass is 10.2. The molecule has 0 amide bonds. The van der Waals surface area contributed by atoms with E-state index in [1.807, 2.05) is 36.4 Å². The first-order valence-corrected chi connectivity index (χ1v) is 8.52. The van der Waals surface area contributed by atoms with Gasteiger partial charge in [0, 0.05) is 8.04 Å². The molecule has 0 aliphatic carbocycles. The van der Waals surface area contributed by atoms with Crippen LogP contribution in [0.4, 0.5) is 0 Å². The van der Waals surface area contributed by atoms with Gasteiger partial charge < -0.3 is 4.74 Å². The molecular weight excluding hydrogens is 480 g/mol. The van der Waals surface area contributed by atoms with Crippen LogP contribution in [0, 0.1) is 3.57 Å². The molecule has 6 heteroatoms. The molecule has 0 aromatic heterocycles. The molecule has 0 atom stereocenters. The zero-order chi connectivity index (χ0) is 15.7. The number of nitrogens with zero attached hydrogens (tertiary/aromatic N) is 1. The summed E-state index contributed by atoms with van der Waals surface area (Å²) in [6, 6.07) is 13.0. The van der Waals surface area contributed by atoms with Gasteiger partial charge in [0.15, 0.2) is 5.70 Å². The maximum Gasteiger partial charge on any atom is 0.363 e. The van der Waals surface area contributed by atoms with Crippen molar-refractivity contribution in [3.8, 4) is 0 Å². The third-order valence-electron chi connectivity index (χ3n) is 2.98. The lowest BCUT2D eigenvalue weighted by Gasteiger charge is -2.02. The number of carbonyl (C=O) groups is 1. The standard InChI is InChI=1S/C16H8BrClINO2/c17-12-4-2-1-3-9(12)7-14-16(21)22-15(20-14)11-8-10(19)5-6-13(11)18/h1-8H. The molecule has 2 aromatic carbocycles. The smallest absolute Gasteiger partial charge is 0.363 e. The zero-order valence-electron chi connectivity index (χ0n) is 11.0. The van der Waals surface area contributed by atoms with Crippen LogP contribution in [0.25, 0.3) is 6.08 Å². The first kappa shape index (κ1) is 15.7. The first-order chi connectivity index (χ1) is 10.5. The number of aliphatic imine (C=N–C) groups is 1. The minimum absolute atomic E-state index is 0.229. The molecular formula is C16H8BrClINO2. The average Bonchev–Trinajstić information content (AvgIpc) is 2.85. The third kappa shape index (κ3) is 3.26. The molecule has 0 saturated carbocycles. The lowest BCUT2D eigenvalue weighted by molar-refractivity contribution is -0.129. The second-order valence-electron chi connectivity index (χ2n) is 4.48. The Hall–Kier alpha value is -1.18. The minimum atomic E-state index is -0.485. The normalized spacial score (nSPS) is 15.9. The van der Waals surface area contributed by atoms with Crippen molar-refractivity contribution < 1.29 is 9.53 Å². The van der Waals surface area contributed by atoms with E-state index in [0.717, 1.165) is 13.6 Å². The second-order valence-corrected chi connectivity index (χ2v) is 6.99. The molecule has 110 valence electrons. The second kappa shape index (κ2) is 6.52. The van der Waals surface area contributed by atoms with Crippen molar-refractivity contribution in [3.63, 3.8) is 0 Å². The van der Waals surface area contributed by atoms with Crippen LogP contribution in [0.5, 0.6) is 0 Å². The number of rotatable bonds is 2. The summed E-state index contributed by atoms with van der Waals surface area (Å²) in [5.74, 6) is -0.257. The van der Waals surface area contributed by atoms with Gasteiger partial charge in [-0.1, -0.05) is 45.7 Å². The SMILES string of the molecule is O=C1OC(c2cc(I)ccc2Cl)=NC1=Cc1ccccc1Br. The number of halogens is 3. The Balaban J connectivity index is 2.02. The van der Waals surface area contributed by atoms with Gasteiger partial charge in [-0.3, -0.25) is 0 Å². The van der Waals surface area contributed by atoms with E-state index in [4.69, 9.17) is 16.3 Å². The van der Waals surface area contributed by atoms with Gasteiger partial charge in [0.05, 0.1) is 10.6 Å². The highest BCUT2D eigenvalue weighted by molar-refractivity contribution is 14.1.